The zero-order valence-electron chi connectivity index (χ0n) is 23.3. The standard InChI is InChI=1S/C28H36ClN7O3/c1-34(2)20-7-8-22(25(15-20)39-6)31-27-21(29)16-30-28(33-27)32-23-13-18-9-11-36(17-26(37)35(3)4)12-10-19(18)14-24(23)38-5/h7-8,13-16H,9-12,17H2,1-6H3,(H2,30,31,32,33). The van der Waals surface area contributed by atoms with E-state index in [0.717, 1.165) is 43.0 Å². The first-order valence-electron chi connectivity index (χ1n) is 12.7. The van der Waals surface area contributed by atoms with E-state index in [1.807, 2.05) is 37.2 Å². The van der Waals surface area contributed by atoms with Gasteiger partial charge < -0.3 is 29.9 Å². The number of carbonyl (C=O) groups is 1. The zero-order chi connectivity index (χ0) is 28.1. The number of anilines is 5. The lowest BCUT2D eigenvalue weighted by atomic mass is 10.0. The normalized spacial score (nSPS) is 13.2. The molecule has 1 amide bonds. The molecule has 0 radical (unpaired) electrons. The Bertz CT molecular complexity index is 1330. The van der Waals surface area contributed by atoms with E-state index in [1.54, 1.807) is 39.4 Å². The summed E-state index contributed by atoms with van der Waals surface area (Å²) in [5.41, 5.74) is 4.92. The Morgan fingerprint density at radius 1 is 0.974 bits per heavy atom. The third-order valence-corrected chi connectivity index (χ3v) is 7.00. The van der Waals surface area contributed by atoms with Gasteiger partial charge in [0.05, 0.1) is 38.3 Å². The van der Waals surface area contributed by atoms with Gasteiger partial charge in [0.1, 0.15) is 16.5 Å². The quantitative estimate of drug-likeness (QED) is 0.404. The van der Waals surface area contributed by atoms with Crippen molar-refractivity contribution in [2.45, 2.75) is 12.8 Å². The fourth-order valence-electron chi connectivity index (χ4n) is 4.38. The number of ether oxygens (including phenoxy) is 2. The summed E-state index contributed by atoms with van der Waals surface area (Å²) >= 11 is 6.45. The molecule has 2 heterocycles. The summed E-state index contributed by atoms with van der Waals surface area (Å²) in [4.78, 5) is 27.1. The Balaban J connectivity index is 1.55. The molecule has 0 fully saturated rings. The van der Waals surface area contributed by atoms with Crippen molar-refractivity contribution in [2.24, 2.45) is 0 Å². The van der Waals surface area contributed by atoms with Gasteiger partial charge in [-0.25, -0.2) is 4.98 Å². The number of fused-ring (bicyclic) bond motifs is 1. The Morgan fingerprint density at radius 2 is 1.64 bits per heavy atom. The highest BCUT2D eigenvalue weighted by Crippen LogP contribution is 2.35. The van der Waals surface area contributed by atoms with Gasteiger partial charge in [-0.05, 0) is 48.2 Å². The average Bonchev–Trinajstić information content (AvgIpc) is 3.11. The fourth-order valence-corrected chi connectivity index (χ4v) is 4.52. The van der Waals surface area contributed by atoms with Gasteiger partial charge >= 0.3 is 0 Å². The molecule has 1 aliphatic heterocycles. The molecular weight excluding hydrogens is 518 g/mol. The summed E-state index contributed by atoms with van der Waals surface area (Å²) in [6.45, 7) is 2.04. The van der Waals surface area contributed by atoms with Crippen LogP contribution in [0.5, 0.6) is 11.5 Å². The van der Waals surface area contributed by atoms with E-state index in [-0.39, 0.29) is 5.91 Å². The minimum Gasteiger partial charge on any atom is -0.495 e. The van der Waals surface area contributed by atoms with Crippen molar-refractivity contribution in [3.8, 4) is 11.5 Å². The lowest BCUT2D eigenvalue weighted by molar-refractivity contribution is -0.129. The largest absolute Gasteiger partial charge is 0.495 e. The number of nitrogens with one attached hydrogen (secondary N) is 2. The van der Waals surface area contributed by atoms with E-state index in [2.05, 4.69) is 37.6 Å². The Kier molecular flexibility index (Phi) is 8.98. The topological polar surface area (TPSA) is 95.1 Å². The van der Waals surface area contributed by atoms with Gasteiger partial charge in [-0.1, -0.05) is 11.6 Å². The molecule has 0 unspecified atom stereocenters. The maximum Gasteiger partial charge on any atom is 0.236 e. The Morgan fingerprint density at radius 3 is 2.28 bits per heavy atom. The van der Waals surface area contributed by atoms with Crippen molar-refractivity contribution in [1.29, 1.82) is 0 Å². The molecule has 208 valence electrons. The number of rotatable bonds is 9. The van der Waals surface area contributed by atoms with E-state index in [1.165, 1.54) is 11.1 Å². The van der Waals surface area contributed by atoms with Gasteiger partial charge in [-0.2, -0.15) is 4.98 Å². The van der Waals surface area contributed by atoms with Crippen molar-refractivity contribution in [3.63, 3.8) is 0 Å². The number of methoxy groups -OCH3 is 2. The van der Waals surface area contributed by atoms with Crippen LogP contribution >= 0.6 is 11.6 Å². The molecule has 2 N–H and O–H groups in total. The first-order valence-corrected chi connectivity index (χ1v) is 13.1. The molecule has 1 aliphatic rings. The zero-order valence-corrected chi connectivity index (χ0v) is 24.1. The fraction of sp³-hybridized carbons (Fsp3) is 0.393. The van der Waals surface area contributed by atoms with E-state index >= 15 is 0 Å². The Labute approximate surface area is 234 Å². The average molecular weight is 554 g/mol. The van der Waals surface area contributed by atoms with Crippen LogP contribution in [0, 0.1) is 0 Å². The minimum absolute atomic E-state index is 0.108. The van der Waals surface area contributed by atoms with Gasteiger partial charge in [-0.3, -0.25) is 9.69 Å². The molecule has 2 aromatic carbocycles. The Hall–Kier alpha value is -3.76. The maximum atomic E-state index is 12.2. The van der Waals surface area contributed by atoms with Crippen molar-refractivity contribution in [1.82, 2.24) is 19.8 Å². The smallest absolute Gasteiger partial charge is 0.236 e. The molecule has 1 aromatic heterocycles. The summed E-state index contributed by atoms with van der Waals surface area (Å²) in [6.07, 6.45) is 3.22. The molecule has 0 spiro atoms. The predicted octanol–water partition coefficient (Wildman–Crippen LogP) is 4.19. The van der Waals surface area contributed by atoms with Crippen molar-refractivity contribution >= 4 is 46.3 Å². The summed E-state index contributed by atoms with van der Waals surface area (Å²) in [7, 11) is 10.8. The SMILES string of the molecule is COc1cc2c(cc1Nc1ncc(Cl)c(Nc3ccc(N(C)C)cc3OC)n1)CCN(CC(=O)N(C)C)CC2. The van der Waals surface area contributed by atoms with Crippen molar-refractivity contribution in [3.05, 3.63) is 52.7 Å². The predicted molar refractivity (Wildman–Crippen MR) is 156 cm³/mol. The van der Waals surface area contributed by atoms with Crippen LogP contribution in [-0.2, 0) is 17.6 Å². The molecule has 39 heavy (non-hydrogen) atoms. The van der Waals surface area contributed by atoms with Gasteiger partial charge in [0.2, 0.25) is 11.9 Å². The van der Waals surface area contributed by atoms with E-state index in [9.17, 15) is 4.79 Å². The molecule has 3 aromatic rings. The third kappa shape index (κ3) is 6.82. The first-order chi connectivity index (χ1) is 18.7. The summed E-state index contributed by atoms with van der Waals surface area (Å²) in [5.74, 6) is 2.28. The second kappa shape index (κ2) is 12.4. The van der Waals surface area contributed by atoms with Crippen molar-refractivity contribution in [2.75, 3.05) is 77.6 Å². The summed E-state index contributed by atoms with van der Waals surface area (Å²) in [6, 6.07) is 9.98. The number of hydrogen-bond acceptors (Lipinski definition) is 9. The highest BCUT2D eigenvalue weighted by molar-refractivity contribution is 6.33. The van der Waals surface area contributed by atoms with E-state index < -0.39 is 0 Å². The van der Waals surface area contributed by atoms with Crippen LogP contribution in [0.15, 0.2) is 36.5 Å². The van der Waals surface area contributed by atoms with Gasteiger partial charge in [0.15, 0.2) is 5.82 Å². The first kappa shape index (κ1) is 28.3. The number of carbonyl (C=O) groups excluding carboxylic acids is 1. The molecule has 10 nitrogen and oxygen atoms in total. The van der Waals surface area contributed by atoms with Crippen LogP contribution in [0.1, 0.15) is 11.1 Å². The molecule has 0 saturated carbocycles. The van der Waals surface area contributed by atoms with Crippen LogP contribution in [0.3, 0.4) is 0 Å². The maximum absolute atomic E-state index is 12.2. The molecule has 11 heteroatoms. The molecule has 4 rings (SSSR count). The monoisotopic (exact) mass is 553 g/mol. The molecular formula is C28H36ClN7O3. The molecule has 0 aliphatic carbocycles. The molecule has 0 saturated heterocycles. The van der Waals surface area contributed by atoms with Crippen LogP contribution in [-0.4, -0.2) is 87.7 Å². The van der Waals surface area contributed by atoms with Crippen LogP contribution in [0.2, 0.25) is 5.02 Å². The van der Waals surface area contributed by atoms with E-state index in [4.69, 9.17) is 21.1 Å². The number of likely N-dealkylation sites (N-methyl/N-ethyl adjacent to an activating group) is 1. The summed E-state index contributed by atoms with van der Waals surface area (Å²) in [5, 5.41) is 6.94. The lowest BCUT2D eigenvalue weighted by Gasteiger charge is -2.21. The van der Waals surface area contributed by atoms with Crippen molar-refractivity contribution < 1.29 is 14.3 Å². The third-order valence-electron chi connectivity index (χ3n) is 6.72. The number of amides is 1. The van der Waals surface area contributed by atoms with Gasteiger partial charge in [0, 0.05) is 53.0 Å². The lowest BCUT2D eigenvalue weighted by Crippen LogP contribution is -2.37. The van der Waals surface area contributed by atoms with Gasteiger partial charge in [-0.15, -0.1) is 0 Å². The number of halogens is 1. The highest BCUT2D eigenvalue weighted by atomic mass is 35.5. The second-order valence-corrected chi connectivity index (χ2v) is 10.2. The number of benzene rings is 2. The highest BCUT2D eigenvalue weighted by Gasteiger charge is 2.20. The van der Waals surface area contributed by atoms with Crippen LogP contribution in [0.25, 0.3) is 0 Å². The second-order valence-electron chi connectivity index (χ2n) is 9.80. The number of hydrogen-bond donors (Lipinski definition) is 2. The molecule has 0 atom stereocenters. The number of nitrogens with zero attached hydrogens (tertiary/aromatic N) is 5. The minimum atomic E-state index is 0.108. The van der Waals surface area contributed by atoms with Crippen LogP contribution < -0.4 is 25.0 Å². The van der Waals surface area contributed by atoms with Gasteiger partial charge in [0.25, 0.3) is 0 Å². The molecule has 0 bridgehead atoms. The van der Waals surface area contributed by atoms with E-state index in [0.29, 0.717) is 34.8 Å². The summed E-state index contributed by atoms with van der Waals surface area (Å²) < 4.78 is 11.3. The number of aromatic nitrogens is 2. The van der Waals surface area contributed by atoms with Crippen LogP contribution in [0.4, 0.5) is 28.8 Å².